The van der Waals surface area contributed by atoms with E-state index < -0.39 is 7.26 Å². The molecule has 0 saturated heterocycles. The first-order valence-corrected chi connectivity index (χ1v) is 13.5. The van der Waals surface area contributed by atoms with Crippen LogP contribution in [0.2, 0.25) is 0 Å². The maximum atomic E-state index is 2.32. The molecule has 6 aromatic rings. The van der Waals surface area contributed by atoms with Crippen molar-refractivity contribution in [3.63, 3.8) is 0 Å². The smallest absolute Gasteiger partial charge is 0.0620 e. The summed E-state index contributed by atoms with van der Waals surface area (Å²) < 4.78 is 0. The maximum Gasteiger partial charge on any atom is 0.236 e. The molecule has 34 heavy (non-hydrogen) atoms. The summed E-state index contributed by atoms with van der Waals surface area (Å²) in [4.78, 5) is 0. The fraction of sp³-hybridized carbons (Fsp3) is 0. The van der Waals surface area contributed by atoms with Crippen LogP contribution < -0.4 is 21.2 Å². The van der Waals surface area contributed by atoms with Gasteiger partial charge in [-0.05, 0) is 78.9 Å². The zero-order chi connectivity index (χ0) is 22.8. The molecular weight excluding hydrogens is 427 g/mol. The van der Waals surface area contributed by atoms with Gasteiger partial charge in [0.15, 0.2) is 18.4 Å². The van der Waals surface area contributed by atoms with Crippen molar-refractivity contribution < 1.29 is 0 Å². The molecule has 0 spiro atoms. The van der Waals surface area contributed by atoms with Crippen LogP contribution in [0, 0.1) is 0 Å². The average Bonchev–Trinajstić information content (AvgIpc) is 3.68. The van der Waals surface area contributed by atoms with Crippen molar-refractivity contribution in [1.82, 2.24) is 0 Å². The van der Waals surface area contributed by atoms with E-state index in [9.17, 15) is 0 Å². The van der Waals surface area contributed by atoms with Gasteiger partial charge in [-0.2, -0.15) is 0 Å². The van der Waals surface area contributed by atoms with Crippen molar-refractivity contribution in [1.29, 1.82) is 0 Å². The maximum absolute atomic E-state index is 2.32. The molecule has 0 aliphatic carbocycles. The van der Waals surface area contributed by atoms with Crippen LogP contribution in [-0.4, -0.2) is 0 Å². The standard InChI is InChI=1S/C33H25P/c1-6-16-26(17-7-1)31-32(27-18-8-2-9-19-27)33(31)34(28-20-10-3-11-21-28,29-22-12-4-13-23-29)30-24-14-5-15-25-30/h1-25H/q+2. The average molecular weight is 453 g/mol. The van der Waals surface area contributed by atoms with Crippen LogP contribution in [0.5, 0.6) is 0 Å². The largest absolute Gasteiger partial charge is 0.236 e. The van der Waals surface area contributed by atoms with Crippen LogP contribution in [0.25, 0.3) is 22.3 Å². The topological polar surface area (TPSA) is 0 Å². The number of rotatable bonds is 6. The molecule has 6 rings (SSSR count). The van der Waals surface area contributed by atoms with Crippen molar-refractivity contribution in [3.8, 4) is 22.3 Å². The summed E-state index contributed by atoms with van der Waals surface area (Å²) in [5.74, 6) is 0. The first kappa shape index (κ1) is 20.7. The van der Waals surface area contributed by atoms with Crippen LogP contribution in [0.4, 0.5) is 0 Å². The Hall–Kier alpha value is -3.86. The summed E-state index contributed by atoms with van der Waals surface area (Å²) in [7, 11) is -2.11. The van der Waals surface area contributed by atoms with Crippen LogP contribution >= 0.6 is 7.26 Å². The van der Waals surface area contributed by atoms with E-state index in [0.717, 1.165) is 0 Å². The molecule has 0 N–H and O–H groups in total. The minimum atomic E-state index is -2.11. The molecule has 0 fully saturated rings. The first-order chi connectivity index (χ1) is 16.9. The van der Waals surface area contributed by atoms with Gasteiger partial charge in [0.2, 0.25) is 5.30 Å². The quantitative estimate of drug-likeness (QED) is 0.193. The molecule has 0 saturated carbocycles. The summed E-state index contributed by atoms with van der Waals surface area (Å²) in [5, 5.41) is 5.67. The van der Waals surface area contributed by atoms with Gasteiger partial charge in [0.25, 0.3) is 0 Å². The second kappa shape index (κ2) is 8.82. The molecule has 0 heterocycles. The Morgan fingerprint density at radius 1 is 0.382 bits per heavy atom. The lowest BCUT2D eigenvalue weighted by Crippen LogP contribution is -2.36. The van der Waals surface area contributed by atoms with E-state index in [1.807, 2.05) is 0 Å². The predicted molar refractivity (Wildman–Crippen MR) is 149 cm³/mol. The molecule has 0 aliphatic rings. The van der Waals surface area contributed by atoms with Crippen molar-refractivity contribution in [3.05, 3.63) is 152 Å². The second-order valence-electron chi connectivity index (χ2n) is 8.51. The third-order valence-corrected chi connectivity index (χ3v) is 10.9. The zero-order valence-electron chi connectivity index (χ0n) is 18.9. The minimum Gasteiger partial charge on any atom is -0.0620 e. The summed E-state index contributed by atoms with van der Waals surface area (Å²) >= 11 is 0. The van der Waals surface area contributed by atoms with E-state index in [1.165, 1.54) is 43.5 Å². The molecule has 0 bridgehead atoms. The second-order valence-corrected chi connectivity index (χ2v) is 11.8. The van der Waals surface area contributed by atoms with Gasteiger partial charge in [0, 0.05) is 0 Å². The number of hydrogen-bond donors (Lipinski definition) is 0. The summed E-state index contributed by atoms with van der Waals surface area (Å²) in [6.45, 7) is 0. The first-order valence-electron chi connectivity index (χ1n) is 11.7. The Balaban J connectivity index is 1.74. The normalized spacial score (nSPS) is 11.5. The fourth-order valence-electron chi connectivity index (χ4n) is 5.07. The molecule has 0 radical (unpaired) electrons. The third kappa shape index (κ3) is 3.39. The van der Waals surface area contributed by atoms with Crippen molar-refractivity contribution in [2.75, 3.05) is 0 Å². The lowest BCUT2D eigenvalue weighted by Gasteiger charge is -2.22. The lowest BCUT2D eigenvalue weighted by molar-refractivity contribution is 1.69. The SMILES string of the molecule is c1ccc(-c2c([P+](c3ccccc3)(c3ccccc3)c3ccccc3)[c+]2-c2ccccc2)cc1. The monoisotopic (exact) mass is 452 g/mol. The van der Waals surface area contributed by atoms with Gasteiger partial charge in [-0.1, -0.05) is 72.8 Å². The Bertz CT molecular complexity index is 1300. The van der Waals surface area contributed by atoms with E-state index >= 15 is 0 Å². The number of hydrogen-bond acceptors (Lipinski definition) is 0. The zero-order valence-corrected chi connectivity index (χ0v) is 19.8. The Labute approximate surface area is 202 Å². The summed E-state index contributed by atoms with van der Waals surface area (Å²) in [6, 6.07) is 55.2. The molecule has 0 unspecified atom stereocenters. The predicted octanol–water partition coefficient (Wildman–Crippen LogP) is 6.80. The van der Waals surface area contributed by atoms with Gasteiger partial charge in [-0.3, -0.25) is 0 Å². The van der Waals surface area contributed by atoms with Gasteiger partial charge in [-0.25, -0.2) is 0 Å². The highest BCUT2D eigenvalue weighted by Gasteiger charge is 2.62. The molecule has 1 heteroatoms. The van der Waals surface area contributed by atoms with Gasteiger partial charge in [-0.15, -0.1) is 0 Å². The van der Waals surface area contributed by atoms with E-state index in [2.05, 4.69) is 152 Å². The molecule has 0 aliphatic heterocycles. The fourth-order valence-corrected chi connectivity index (χ4v) is 9.70. The van der Waals surface area contributed by atoms with Gasteiger partial charge < -0.3 is 0 Å². The van der Waals surface area contributed by atoms with E-state index in [1.54, 1.807) is 0 Å². The highest BCUT2D eigenvalue weighted by atomic mass is 31.2. The van der Waals surface area contributed by atoms with Gasteiger partial charge >= 0.3 is 0 Å². The van der Waals surface area contributed by atoms with E-state index in [4.69, 9.17) is 0 Å². The van der Waals surface area contributed by atoms with Crippen LogP contribution in [0.3, 0.4) is 0 Å². The van der Waals surface area contributed by atoms with Crippen molar-refractivity contribution in [2.24, 2.45) is 0 Å². The lowest BCUT2D eigenvalue weighted by atomic mass is 10.1. The Morgan fingerprint density at radius 2 is 0.735 bits per heavy atom. The summed E-state index contributed by atoms with van der Waals surface area (Å²) in [5.41, 5.74) is 5.39. The molecule has 6 aromatic carbocycles. The number of benzene rings is 5. The molecule has 160 valence electrons. The Morgan fingerprint density at radius 3 is 1.15 bits per heavy atom. The molecular formula is C33H25P+2. The molecule has 0 nitrogen and oxygen atoms in total. The van der Waals surface area contributed by atoms with Crippen LogP contribution in [0.15, 0.2) is 152 Å². The van der Waals surface area contributed by atoms with Crippen LogP contribution in [0.1, 0.15) is 0 Å². The van der Waals surface area contributed by atoms with Gasteiger partial charge in [0.1, 0.15) is 15.9 Å². The van der Waals surface area contributed by atoms with Crippen molar-refractivity contribution in [2.45, 2.75) is 0 Å². The van der Waals surface area contributed by atoms with E-state index in [0.29, 0.717) is 0 Å². The van der Waals surface area contributed by atoms with Crippen LogP contribution in [-0.2, 0) is 0 Å². The van der Waals surface area contributed by atoms with Gasteiger partial charge in [0.05, 0.1) is 11.1 Å². The van der Waals surface area contributed by atoms with Crippen molar-refractivity contribution >= 4 is 28.5 Å². The molecule has 0 amide bonds. The third-order valence-electron chi connectivity index (χ3n) is 6.55. The Kier molecular flexibility index (Phi) is 5.38. The minimum absolute atomic E-state index is 1.29. The highest BCUT2D eigenvalue weighted by Crippen LogP contribution is 2.63. The summed E-state index contributed by atoms with van der Waals surface area (Å²) in [6.07, 6.45) is 0. The molecule has 0 atom stereocenters. The van der Waals surface area contributed by atoms with E-state index in [-0.39, 0.29) is 0 Å². The molecule has 0 aromatic heterocycles. The highest BCUT2D eigenvalue weighted by molar-refractivity contribution is 8.02.